The topological polar surface area (TPSA) is 101 Å². The van der Waals surface area contributed by atoms with Crippen molar-refractivity contribution in [2.24, 2.45) is 0 Å². The van der Waals surface area contributed by atoms with E-state index in [-0.39, 0.29) is 22.0 Å². The van der Waals surface area contributed by atoms with E-state index in [9.17, 15) is 26.4 Å². The van der Waals surface area contributed by atoms with E-state index >= 15 is 0 Å². The second-order valence-electron chi connectivity index (χ2n) is 6.21. The summed E-state index contributed by atoms with van der Waals surface area (Å²) in [5.41, 5.74) is -0.400. The van der Waals surface area contributed by atoms with Crippen LogP contribution in [0.5, 0.6) is 0 Å². The van der Waals surface area contributed by atoms with E-state index in [4.69, 9.17) is 0 Å². The molecule has 0 aliphatic rings. The number of benzene rings is 2. The minimum Gasteiger partial charge on any atom is -0.321 e. The van der Waals surface area contributed by atoms with E-state index in [0.29, 0.717) is 11.8 Å². The number of alkyl halides is 3. The maximum atomic E-state index is 12.8. The lowest BCUT2D eigenvalue weighted by Gasteiger charge is -2.12. The largest absolute Gasteiger partial charge is 0.416 e. The number of aromatic nitrogens is 2. The molecule has 0 saturated carbocycles. The molecule has 0 aliphatic carbocycles. The molecule has 2 aromatic carbocycles. The van der Waals surface area contributed by atoms with E-state index in [0.717, 1.165) is 12.1 Å². The molecule has 2 N–H and O–H groups in total. The van der Waals surface area contributed by atoms with Gasteiger partial charge in [-0.25, -0.2) is 13.4 Å². The van der Waals surface area contributed by atoms with Crippen LogP contribution in [0, 0.1) is 6.92 Å². The van der Waals surface area contributed by atoms with Crippen molar-refractivity contribution in [3.63, 3.8) is 0 Å². The Morgan fingerprint density at radius 1 is 0.967 bits per heavy atom. The number of nitrogens with zero attached hydrogens (tertiary/aromatic N) is 2. The van der Waals surface area contributed by atoms with E-state index < -0.39 is 27.7 Å². The predicted molar refractivity (Wildman–Crippen MR) is 103 cm³/mol. The molecule has 7 nitrogen and oxygen atoms in total. The smallest absolute Gasteiger partial charge is 0.321 e. The molecular weight excluding hydrogens is 421 g/mol. The fourth-order valence-electron chi connectivity index (χ4n) is 2.42. The second-order valence-corrected chi connectivity index (χ2v) is 7.89. The summed E-state index contributed by atoms with van der Waals surface area (Å²) in [5.74, 6) is -0.595. The molecule has 1 amide bonds. The number of carbonyl (C=O) groups excluding carboxylic acids is 1. The number of nitrogens with one attached hydrogen (secondary N) is 2. The summed E-state index contributed by atoms with van der Waals surface area (Å²) < 4.78 is 65.8. The highest BCUT2D eigenvalue weighted by molar-refractivity contribution is 7.92. The third kappa shape index (κ3) is 5.11. The Balaban J connectivity index is 1.80. The Morgan fingerprint density at radius 2 is 1.67 bits per heavy atom. The first-order valence-electron chi connectivity index (χ1n) is 8.45. The van der Waals surface area contributed by atoms with Crippen LogP contribution in [0.1, 0.15) is 21.7 Å². The quantitative estimate of drug-likeness (QED) is 0.633. The van der Waals surface area contributed by atoms with Gasteiger partial charge in [-0.15, -0.1) is 0 Å². The third-order valence-electron chi connectivity index (χ3n) is 3.86. The number of rotatable bonds is 5. The number of amides is 1. The summed E-state index contributed by atoms with van der Waals surface area (Å²) in [6.45, 7) is 1.71. The highest BCUT2D eigenvalue weighted by Crippen LogP contribution is 2.31. The van der Waals surface area contributed by atoms with Crippen molar-refractivity contribution < 1.29 is 26.4 Å². The molecule has 11 heteroatoms. The van der Waals surface area contributed by atoms with Gasteiger partial charge in [0.25, 0.3) is 15.9 Å². The molecule has 0 spiro atoms. The average molecular weight is 436 g/mol. The molecule has 0 saturated heterocycles. The molecule has 156 valence electrons. The van der Waals surface area contributed by atoms with Crippen LogP contribution in [0.4, 0.5) is 24.5 Å². The van der Waals surface area contributed by atoms with Crippen molar-refractivity contribution in [2.75, 3.05) is 10.0 Å². The summed E-state index contributed by atoms with van der Waals surface area (Å²) in [6, 6.07) is 9.10. The van der Waals surface area contributed by atoms with Crippen molar-refractivity contribution in [3.8, 4) is 0 Å². The lowest BCUT2D eigenvalue weighted by atomic mass is 10.2. The number of carbonyl (C=O) groups is 1. The van der Waals surface area contributed by atoms with Gasteiger partial charge < -0.3 is 5.32 Å². The Hall–Kier alpha value is -3.47. The van der Waals surface area contributed by atoms with Crippen LogP contribution in [0.3, 0.4) is 0 Å². The minimum atomic E-state index is -4.61. The Morgan fingerprint density at radius 3 is 2.33 bits per heavy atom. The van der Waals surface area contributed by atoms with Crippen LogP contribution in [0.25, 0.3) is 0 Å². The standard InChI is InChI=1S/C19H15F3N4O3S/c1-12-10-24-17(11-23-12)18(27)25-14-5-3-7-16(9-14)30(28,29)26-15-6-2-4-13(8-15)19(20,21)22/h2-11,26H,1H3,(H,25,27). The maximum absolute atomic E-state index is 12.8. The van der Waals surface area contributed by atoms with Crippen LogP contribution in [0.15, 0.2) is 65.8 Å². The zero-order chi connectivity index (χ0) is 21.9. The van der Waals surface area contributed by atoms with Crippen LogP contribution in [-0.4, -0.2) is 24.3 Å². The average Bonchev–Trinajstić information content (AvgIpc) is 2.68. The van der Waals surface area contributed by atoms with Crippen LogP contribution in [-0.2, 0) is 16.2 Å². The molecule has 1 aromatic heterocycles. The van der Waals surface area contributed by atoms with Gasteiger partial charge in [-0.2, -0.15) is 13.2 Å². The highest BCUT2D eigenvalue weighted by Gasteiger charge is 2.30. The van der Waals surface area contributed by atoms with Crippen molar-refractivity contribution in [1.29, 1.82) is 0 Å². The minimum absolute atomic E-state index is 0.0379. The zero-order valence-electron chi connectivity index (χ0n) is 15.4. The molecule has 0 fully saturated rings. The van der Waals surface area contributed by atoms with Crippen molar-refractivity contribution >= 4 is 27.3 Å². The second kappa shape index (κ2) is 8.11. The van der Waals surface area contributed by atoms with Gasteiger partial charge in [0.2, 0.25) is 0 Å². The molecule has 1 heterocycles. The van der Waals surface area contributed by atoms with E-state index in [1.165, 1.54) is 42.7 Å². The Bertz CT molecular complexity index is 1180. The lowest BCUT2D eigenvalue weighted by molar-refractivity contribution is -0.137. The van der Waals surface area contributed by atoms with Gasteiger partial charge in [0.1, 0.15) is 5.69 Å². The first kappa shape index (κ1) is 21.2. The molecule has 3 rings (SSSR count). The molecular formula is C19H15F3N4O3S. The van der Waals surface area contributed by atoms with Gasteiger partial charge in [0.15, 0.2) is 0 Å². The molecule has 3 aromatic rings. The summed E-state index contributed by atoms with van der Waals surface area (Å²) in [5, 5.41) is 2.50. The van der Waals surface area contributed by atoms with E-state index in [1.807, 2.05) is 0 Å². The first-order valence-corrected chi connectivity index (χ1v) is 9.93. The normalized spacial score (nSPS) is 11.7. The van der Waals surface area contributed by atoms with Crippen molar-refractivity contribution in [2.45, 2.75) is 18.0 Å². The van der Waals surface area contributed by atoms with Crippen LogP contribution < -0.4 is 10.0 Å². The summed E-state index contributed by atoms with van der Waals surface area (Å²) in [6.07, 6.45) is -1.92. The highest BCUT2D eigenvalue weighted by atomic mass is 32.2. The van der Waals surface area contributed by atoms with Gasteiger partial charge in [0, 0.05) is 17.6 Å². The van der Waals surface area contributed by atoms with Crippen LogP contribution in [0.2, 0.25) is 0 Å². The van der Waals surface area contributed by atoms with Gasteiger partial charge in [0.05, 0.1) is 22.3 Å². The van der Waals surface area contributed by atoms with E-state index in [2.05, 4.69) is 20.0 Å². The third-order valence-corrected chi connectivity index (χ3v) is 5.24. The van der Waals surface area contributed by atoms with Gasteiger partial charge in [-0.3, -0.25) is 14.5 Å². The van der Waals surface area contributed by atoms with Gasteiger partial charge >= 0.3 is 6.18 Å². The monoisotopic (exact) mass is 436 g/mol. The van der Waals surface area contributed by atoms with Gasteiger partial charge in [-0.1, -0.05) is 12.1 Å². The predicted octanol–water partition coefficient (Wildman–Crippen LogP) is 3.86. The van der Waals surface area contributed by atoms with Gasteiger partial charge in [-0.05, 0) is 43.3 Å². The number of aryl methyl sites for hydroxylation is 1. The maximum Gasteiger partial charge on any atom is 0.416 e. The number of anilines is 2. The lowest BCUT2D eigenvalue weighted by Crippen LogP contribution is -2.16. The number of hydrogen-bond acceptors (Lipinski definition) is 5. The van der Waals surface area contributed by atoms with E-state index in [1.54, 1.807) is 6.92 Å². The molecule has 0 aliphatic heterocycles. The molecule has 0 radical (unpaired) electrons. The van der Waals surface area contributed by atoms with Crippen molar-refractivity contribution in [1.82, 2.24) is 9.97 Å². The van der Waals surface area contributed by atoms with Crippen molar-refractivity contribution in [3.05, 3.63) is 77.9 Å². The van der Waals surface area contributed by atoms with Crippen LogP contribution >= 0.6 is 0 Å². The fraction of sp³-hybridized carbons (Fsp3) is 0.105. The zero-order valence-corrected chi connectivity index (χ0v) is 16.3. The summed E-state index contributed by atoms with van der Waals surface area (Å²) in [7, 11) is -4.20. The number of sulfonamides is 1. The Labute approximate surface area is 170 Å². The molecule has 0 bridgehead atoms. The fourth-order valence-corrected chi connectivity index (χ4v) is 3.51. The number of hydrogen-bond donors (Lipinski definition) is 2. The molecule has 30 heavy (non-hydrogen) atoms. The molecule has 0 unspecified atom stereocenters. The first-order chi connectivity index (χ1) is 14.0. The summed E-state index contributed by atoms with van der Waals surface area (Å²) >= 11 is 0. The number of halogens is 3. The SMILES string of the molecule is Cc1cnc(C(=O)Nc2cccc(S(=O)(=O)Nc3cccc(C(F)(F)F)c3)c2)cn1. The Kier molecular flexibility index (Phi) is 5.74. The summed E-state index contributed by atoms with van der Waals surface area (Å²) in [4.78, 5) is 19.9. The molecule has 0 atom stereocenters.